The molecule has 1 aliphatic heterocycles. The Morgan fingerprint density at radius 3 is 2.51 bits per heavy atom. The molecule has 3 aromatic rings. The minimum absolute atomic E-state index is 0.0916. The lowest BCUT2D eigenvalue weighted by molar-refractivity contribution is -0.137. The number of carbonyl (C=O) groups is 1. The van der Waals surface area contributed by atoms with Crippen molar-refractivity contribution >= 4 is 23.5 Å². The fourth-order valence-electron chi connectivity index (χ4n) is 3.42. The lowest BCUT2D eigenvalue weighted by Crippen LogP contribution is -2.50. The zero-order chi connectivity index (χ0) is 25.0. The van der Waals surface area contributed by atoms with Crippen LogP contribution < -0.4 is 20.7 Å². The molecular weight excluding hydrogens is 472 g/mol. The summed E-state index contributed by atoms with van der Waals surface area (Å²) in [6.07, 6.45) is -0.238. The van der Waals surface area contributed by atoms with E-state index in [1.807, 2.05) is 4.90 Å². The van der Waals surface area contributed by atoms with E-state index in [4.69, 9.17) is 10.5 Å². The molecule has 1 fully saturated rings. The standard InChI is InChI=1S/C21H20F4N8O2/c22-14-9-13(21(23,24)25)10-16(11-14)31-20(34)33-7-5-32(6-8-33)17-18(28-4-3-27-17)35-12-15-1-2-29-19(26)30-15/h1-4,9-11H,5-8,12H2,(H,31,34)(H2,26,29,30). The van der Waals surface area contributed by atoms with E-state index in [0.717, 1.165) is 6.07 Å². The van der Waals surface area contributed by atoms with Crippen molar-refractivity contribution in [1.29, 1.82) is 0 Å². The minimum Gasteiger partial charge on any atom is -0.469 e. The maximum absolute atomic E-state index is 13.6. The van der Waals surface area contributed by atoms with Gasteiger partial charge in [0.2, 0.25) is 5.95 Å². The molecule has 2 aromatic heterocycles. The van der Waals surface area contributed by atoms with E-state index in [1.54, 1.807) is 6.07 Å². The minimum atomic E-state index is -4.73. The first-order chi connectivity index (χ1) is 16.7. The van der Waals surface area contributed by atoms with Crippen LogP contribution in [0.2, 0.25) is 0 Å². The molecule has 0 bridgehead atoms. The van der Waals surface area contributed by atoms with Gasteiger partial charge in [-0.2, -0.15) is 13.2 Å². The van der Waals surface area contributed by atoms with Crippen molar-refractivity contribution in [2.45, 2.75) is 12.8 Å². The maximum Gasteiger partial charge on any atom is 0.416 e. The number of nitrogens with two attached hydrogens (primary N) is 1. The largest absolute Gasteiger partial charge is 0.469 e. The number of nitrogen functional groups attached to an aromatic ring is 1. The molecule has 0 atom stereocenters. The Kier molecular flexibility index (Phi) is 6.80. The van der Waals surface area contributed by atoms with E-state index in [0.29, 0.717) is 36.7 Å². The normalized spacial score (nSPS) is 14.1. The van der Waals surface area contributed by atoms with E-state index in [2.05, 4.69) is 25.3 Å². The SMILES string of the molecule is Nc1nccc(COc2nccnc2N2CCN(C(=O)Nc3cc(F)cc(C(F)(F)F)c3)CC2)n1. The summed E-state index contributed by atoms with van der Waals surface area (Å²) in [5, 5.41) is 2.33. The molecule has 0 unspecified atom stereocenters. The quantitative estimate of drug-likeness (QED) is 0.522. The van der Waals surface area contributed by atoms with E-state index >= 15 is 0 Å². The number of aromatic nitrogens is 4. The summed E-state index contributed by atoms with van der Waals surface area (Å²) in [7, 11) is 0. The monoisotopic (exact) mass is 492 g/mol. The molecule has 1 aromatic carbocycles. The number of hydrogen-bond acceptors (Lipinski definition) is 8. The van der Waals surface area contributed by atoms with E-state index in [9.17, 15) is 22.4 Å². The highest BCUT2D eigenvalue weighted by Crippen LogP contribution is 2.32. The van der Waals surface area contributed by atoms with E-state index in [1.165, 1.54) is 23.5 Å². The number of benzene rings is 1. The number of urea groups is 1. The number of hydrogen-bond donors (Lipinski definition) is 2. The number of anilines is 3. The van der Waals surface area contributed by atoms with Crippen molar-refractivity contribution in [2.75, 3.05) is 42.1 Å². The topological polar surface area (TPSA) is 122 Å². The molecule has 3 N–H and O–H groups in total. The highest BCUT2D eigenvalue weighted by molar-refractivity contribution is 5.89. The van der Waals surface area contributed by atoms with Gasteiger partial charge in [-0.15, -0.1) is 0 Å². The first-order valence-electron chi connectivity index (χ1n) is 10.4. The van der Waals surface area contributed by atoms with Gasteiger partial charge in [0, 0.05) is 50.5 Å². The van der Waals surface area contributed by atoms with Crippen LogP contribution in [-0.4, -0.2) is 57.0 Å². The molecule has 2 amide bonds. The number of halogens is 4. The molecular formula is C21H20F4N8O2. The maximum atomic E-state index is 13.6. The molecule has 1 aliphatic rings. The molecule has 35 heavy (non-hydrogen) atoms. The van der Waals surface area contributed by atoms with Crippen LogP contribution >= 0.6 is 0 Å². The van der Waals surface area contributed by atoms with Gasteiger partial charge in [-0.05, 0) is 24.3 Å². The molecule has 184 valence electrons. The Bertz CT molecular complexity index is 1200. The fourth-order valence-corrected chi connectivity index (χ4v) is 3.42. The molecule has 4 rings (SSSR count). The van der Waals surface area contributed by atoms with Gasteiger partial charge in [0.25, 0.3) is 5.88 Å². The summed E-state index contributed by atoms with van der Waals surface area (Å²) >= 11 is 0. The Hall–Kier alpha value is -4.23. The third-order valence-electron chi connectivity index (χ3n) is 5.08. The van der Waals surface area contributed by atoms with Crippen molar-refractivity contribution in [3.05, 3.63) is 59.9 Å². The van der Waals surface area contributed by atoms with Gasteiger partial charge in [-0.25, -0.2) is 29.1 Å². The number of carbonyl (C=O) groups excluding carboxylic acids is 1. The number of nitrogens with one attached hydrogen (secondary N) is 1. The van der Waals surface area contributed by atoms with Crippen LogP contribution in [0.5, 0.6) is 5.88 Å². The van der Waals surface area contributed by atoms with Crippen molar-refractivity contribution in [2.24, 2.45) is 0 Å². The van der Waals surface area contributed by atoms with Crippen molar-refractivity contribution < 1.29 is 27.1 Å². The highest BCUT2D eigenvalue weighted by atomic mass is 19.4. The number of amides is 2. The molecule has 0 spiro atoms. The van der Waals surface area contributed by atoms with Crippen LogP contribution in [0.3, 0.4) is 0 Å². The average Bonchev–Trinajstić information content (AvgIpc) is 2.82. The van der Waals surface area contributed by atoms with E-state index < -0.39 is 23.6 Å². The van der Waals surface area contributed by atoms with Crippen LogP contribution in [0.1, 0.15) is 11.3 Å². The van der Waals surface area contributed by atoms with Gasteiger partial charge in [-0.1, -0.05) is 0 Å². The van der Waals surface area contributed by atoms with Gasteiger partial charge in [0.15, 0.2) is 5.82 Å². The Balaban J connectivity index is 1.37. The highest BCUT2D eigenvalue weighted by Gasteiger charge is 2.32. The van der Waals surface area contributed by atoms with Crippen molar-refractivity contribution in [3.8, 4) is 5.88 Å². The summed E-state index contributed by atoms with van der Waals surface area (Å²) in [6.45, 7) is 1.30. The first-order valence-corrected chi connectivity index (χ1v) is 10.4. The number of piperazine rings is 1. The zero-order valence-corrected chi connectivity index (χ0v) is 18.2. The fraction of sp³-hybridized carbons (Fsp3) is 0.286. The number of rotatable bonds is 5. The Morgan fingerprint density at radius 2 is 1.80 bits per heavy atom. The summed E-state index contributed by atoms with van der Waals surface area (Å²) in [5.41, 5.74) is 4.67. The third kappa shape index (κ3) is 6.02. The molecule has 14 heteroatoms. The number of ether oxygens (including phenoxy) is 1. The number of alkyl halides is 3. The Morgan fingerprint density at radius 1 is 1.06 bits per heavy atom. The molecule has 0 radical (unpaired) electrons. The lowest BCUT2D eigenvalue weighted by atomic mass is 10.2. The smallest absolute Gasteiger partial charge is 0.416 e. The zero-order valence-electron chi connectivity index (χ0n) is 18.2. The molecule has 0 saturated carbocycles. The van der Waals surface area contributed by atoms with Gasteiger partial charge in [-0.3, -0.25) is 0 Å². The Labute approximate surface area is 196 Å². The van der Waals surface area contributed by atoms with Crippen LogP contribution in [0.25, 0.3) is 0 Å². The van der Waals surface area contributed by atoms with Crippen LogP contribution in [0, 0.1) is 5.82 Å². The van der Waals surface area contributed by atoms with Crippen LogP contribution in [0.15, 0.2) is 42.9 Å². The average molecular weight is 492 g/mol. The van der Waals surface area contributed by atoms with Crippen LogP contribution in [-0.2, 0) is 12.8 Å². The summed E-state index contributed by atoms with van der Waals surface area (Å²) < 4.78 is 58.1. The van der Waals surface area contributed by atoms with Crippen molar-refractivity contribution in [3.63, 3.8) is 0 Å². The third-order valence-corrected chi connectivity index (χ3v) is 5.08. The van der Waals surface area contributed by atoms with Crippen molar-refractivity contribution in [1.82, 2.24) is 24.8 Å². The molecule has 1 saturated heterocycles. The van der Waals surface area contributed by atoms with E-state index in [-0.39, 0.29) is 37.2 Å². The number of nitrogens with zero attached hydrogens (tertiary/aromatic N) is 6. The van der Waals surface area contributed by atoms with Gasteiger partial charge >= 0.3 is 12.2 Å². The van der Waals surface area contributed by atoms with Gasteiger partial charge < -0.3 is 25.6 Å². The second-order valence-electron chi connectivity index (χ2n) is 7.51. The molecule has 3 heterocycles. The van der Waals surface area contributed by atoms with Crippen LogP contribution in [0.4, 0.5) is 39.8 Å². The predicted molar refractivity (Wildman–Crippen MR) is 117 cm³/mol. The summed E-state index contributed by atoms with van der Waals surface area (Å²) in [5.74, 6) is -0.246. The summed E-state index contributed by atoms with van der Waals surface area (Å²) in [6, 6.07) is 2.90. The lowest BCUT2D eigenvalue weighted by Gasteiger charge is -2.35. The molecule has 0 aliphatic carbocycles. The first kappa shape index (κ1) is 23.9. The second kappa shape index (κ2) is 9.95. The van der Waals surface area contributed by atoms with Gasteiger partial charge in [0.1, 0.15) is 12.4 Å². The molecule has 10 nitrogen and oxygen atoms in total. The summed E-state index contributed by atoms with van der Waals surface area (Å²) in [4.78, 5) is 32.3. The predicted octanol–water partition coefficient (Wildman–Crippen LogP) is 2.94. The second-order valence-corrected chi connectivity index (χ2v) is 7.51. The van der Waals surface area contributed by atoms with Gasteiger partial charge in [0.05, 0.1) is 11.3 Å².